The second kappa shape index (κ2) is 7.38. The summed E-state index contributed by atoms with van der Waals surface area (Å²) in [5, 5.41) is 7.60. The molecule has 0 radical (unpaired) electrons. The molecule has 2 atom stereocenters. The fourth-order valence-electron chi connectivity index (χ4n) is 4.36. The van der Waals surface area contributed by atoms with E-state index in [-0.39, 0.29) is 17.4 Å². The number of fused-ring (bicyclic) bond motifs is 1. The van der Waals surface area contributed by atoms with Gasteiger partial charge in [0.25, 0.3) is 5.91 Å². The molecule has 2 aliphatic heterocycles. The van der Waals surface area contributed by atoms with Crippen molar-refractivity contribution in [3.63, 3.8) is 0 Å². The van der Waals surface area contributed by atoms with Crippen LogP contribution in [0.4, 0.5) is 0 Å². The molecule has 0 spiro atoms. The van der Waals surface area contributed by atoms with Crippen LogP contribution in [0.3, 0.4) is 0 Å². The summed E-state index contributed by atoms with van der Waals surface area (Å²) in [7, 11) is 0. The Labute approximate surface area is 148 Å². The Bertz CT molecular complexity index is 593. The van der Waals surface area contributed by atoms with Gasteiger partial charge in [-0.2, -0.15) is 10.2 Å². The van der Waals surface area contributed by atoms with E-state index < -0.39 is 0 Å². The third-order valence-corrected chi connectivity index (χ3v) is 6.07. The first-order chi connectivity index (χ1) is 12.3. The second-order valence-electron chi connectivity index (χ2n) is 7.78. The monoisotopic (exact) mass is 345 g/mol. The van der Waals surface area contributed by atoms with Gasteiger partial charge in [-0.25, -0.2) is 0 Å². The highest BCUT2D eigenvalue weighted by atomic mass is 16.5. The normalized spacial score (nSPS) is 29.8. The van der Waals surface area contributed by atoms with Gasteiger partial charge in [0.15, 0.2) is 0 Å². The number of ether oxygens (including phenoxy) is 2. The van der Waals surface area contributed by atoms with Crippen LogP contribution in [0.5, 0.6) is 0 Å². The van der Waals surface area contributed by atoms with Gasteiger partial charge in [0.05, 0.1) is 30.7 Å². The average molecular weight is 345 g/mol. The Balaban J connectivity index is 1.44. The summed E-state index contributed by atoms with van der Waals surface area (Å²) in [4.78, 5) is 14.8. The van der Waals surface area contributed by atoms with E-state index in [1.807, 2.05) is 4.90 Å². The van der Waals surface area contributed by atoms with Gasteiger partial charge >= 0.3 is 0 Å². The fraction of sp³-hybridized carbons (Fsp3) is 0.737. The molecule has 6 heteroatoms. The topological polar surface area (TPSA) is 64.6 Å². The first kappa shape index (κ1) is 16.9. The van der Waals surface area contributed by atoms with Crippen LogP contribution >= 0.6 is 0 Å². The highest BCUT2D eigenvalue weighted by Crippen LogP contribution is 2.41. The predicted octanol–water partition coefficient (Wildman–Crippen LogP) is 2.30. The lowest BCUT2D eigenvalue weighted by molar-refractivity contribution is -0.150. The van der Waals surface area contributed by atoms with Crippen molar-refractivity contribution >= 4 is 5.91 Å². The van der Waals surface area contributed by atoms with Gasteiger partial charge in [-0.05, 0) is 44.1 Å². The lowest BCUT2D eigenvalue weighted by Crippen LogP contribution is -2.58. The van der Waals surface area contributed by atoms with E-state index >= 15 is 0 Å². The Hall–Kier alpha value is -1.53. The molecule has 1 aromatic heterocycles. The Morgan fingerprint density at radius 3 is 3.00 bits per heavy atom. The van der Waals surface area contributed by atoms with Gasteiger partial charge in [-0.1, -0.05) is 6.42 Å². The number of carbonyl (C=O) groups is 1. The minimum Gasteiger partial charge on any atom is -0.380 e. The van der Waals surface area contributed by atoms with Crippen LogP contribution in [-0.4, -0.2) is 60.0 Å². The van der Waals surface area contributed by atoms with Crippen LogP contribution in [0.25, 0.3) is 0 Å². The molecule has 1 saturated carbocycles. The van der Waals surface area contributed by atoms with E-state index in [9.17, 15) is 4.79 Å². The number of likely N-dealkylation sites (tertiary alicyclic amines) is 1. The molecule has 0 bridgehead atoms. The zero-order chi connectivity index (χ0) is 17.1. The molecular formula is C19H27N3O3. The van der Waals surface area contributed by atoms with Gasteiger partial charge in [-0.3, -0.25) is 4.79 Å². The SMILES string of the molecule is O=C(c1ccnnc1)N1CCC2OCCCC2(COCC2CCC2)C1. The minimum atomic E-state index is -0.0592. The second-order valence-corrected chi connectivity index (χ2v) is 7.78. The van der Waals surface area contributed by atoms with Crippen LogP contribution in [0.1, 0.15) is 48.9 Å². The summed E-state index contributed by atoms with van der Waals surface area (Å²) in [6, 6.07) is 1.73. The molecule has 3 heterocycles. The number of hydrogen-bond donors (Lipinski definition) is 0. The van der Waals surface area contributed by atoms with Crippen molar-refractivity contribution < 1.29 is 14.3 Å². The van der Waals surface area contributed by atoms with Crippen molar-refractivity contribution in [3.05, 3.63) is 24.0 Å². The van der Waals surface area contributed by atoms with E-state index in [1.54, 1.807) is 18.5 Å². The summed E-state index contributed by atoms with van der Waals surface area (Å²) >= 11 is 0. The summed E-state index contributed by atoms with van der Waals surface area (Å²) in [6.07, 6.45) is 10.3. The van der Waals surface area contributed by atoms with E-state index in [0.29, 0.717) is 18.7 Å². The third kappa shape index (κ3) is 3.55. The lowest BCUT2D eigenvalue weighted by Gasteiger charge is -2.50. The maximum atomic E-state index is 12.8. The summed E-state index contributed by atoms with van der Waals surface area (Å²) < 4.78 is 12.2. The molecule has 4 rings (SSSR count). The minimum absolute atomic E-state index is 0.0392. The van der Waals surface area contributed by atoms with Crippen molar-refractivity contribution in [2.45, 2.75) is 44.6 Å². The molecular weight excluding hydrogens is 318 g/mol. The van der Waals surface area contributed by atoms with Crippen LogP contribution in [0, 0.1) is 11.3 Å². The van der Waals surface area contributed by atoms with Gasteiger partial charge < -0.3 is 14.4 Å². The number of amides is 1. The van der Waals surface area contributed by atoms with E-state index in [4.69, 9.17) is 9.47 Å². The van der Waals surface area contributed by atoms with Crippen molar-refractivity contribution in [1.82, 2.24) is 15.1 Å². The van der Waals surface area contributed by atoms with Gasteiger partial charge in [0.1, 0.15) is 0 Å². The molecule has 25 heavy (non-hydrogen) atoms. The largest absolute Gasteiger partial charge is 0.380 e. The Kier molecular flexibility index (Phi) is 4.99. The summed E-state index contributed by atoms with van der Waals surface area (Å²) in [6.45, 7) is 3.83. The molecule has 3 fully saturated rings. The first-order valence-corrected chi connectivity index (χ1v) is 9.52. The number of rotatable bonds is 5. The van der Waals surface area contributed by atoms with E-state index in [2.05, 4.69) is 10.2 Å². The van der Waals surface area contributed by atoms with Gasteiger partial charge in [0, 0.05) is 31.7 Å². The molecule has 0 N–H and O–H groups in total. The van der Waals surface area contributed by atoms with E-state index in [0.717, 1.165) is 44.9 Å². The summed E-state index contributed by atoms with van der Waals surface area (Å²) in [5.74, 6) is 0.779. The van der Waals surface area contributed by atoms with Crippen molar-refractivity contribution in [2.24, 2.45) is 11.3 Å². The van der Waals surface area contributed by atoms with Crippen LogP contribution < -0.4 is 0 Å². The van der Waals surface area contributed by atoms with Crippen LogP contribution in [-0.2, 0) is 9.47 Å². The van der Waals surface area contributed by atoms with E-state index in [1.165, 1.54) is 19.3 Å². The molecule has 136 valence electrons. The molecule has 1 aromatic rings. The number of hydrogen-bond acceptors (Lipinski definition) is 5. The molecule has 6 nitrogen and oxygen atoms in total. The number of aromatic nitrogens is 2. The predicted molar refractivity (Wildman–Crippen MR) is 92.1 cm³/mol. The fourth-order valence-corrected chi connectivity index (χ4v) is 4.36. The standard InChI is InChI=1S/C19H27N3O3/c23-18(16-5-8-20-21-11-16)22-9-6-17-19(13-22,7-2-10-25-17)14-24-12-15-3-1-4-15/h5,8,11,15,17H,1-4,6-7,9-10,12-14H2. The van der Waals surface area contributed by atoms with Gasteiger partial charge in [-0.15, -0.1) is 0 Å². The molecule has 2 saturated heterocycles. The third-order valence-electron chi connectivity index (χ3n) is 6.07. The average Bonchev–Trinajstić information content (AvgIpc) is 2.63. The Morgan fingerprint density at radius 2 is 2.24 bits per heavy atom. The zero-order valence-corrected chi connectivity index (χ0v) is 14.7. The first-order valence-electron chi connectivity index (χ1n) is 9.52. The van der Waals surface area contributed by atoms with Crippen molar-refractivity contribution in [2.75, 3.05) is 32.9 Å². The number of piperidine rings is 1. The zero-order valence-electron chi connectivity index (χ0n) is 14.7. The molecule has 3 aliphatic rings. The molecule has 2 unspecified atom stereocenters. The van der Waals surface area contributed by atoms with Crippen molar-refractivity contribution in [1.29, 1.82) is 0 Å². The molecule has 1 aliphatic carbocycles. The van der Waals surface area contributed by atoms with Crippen LogP contribution in [0.2, 0.25) is 0 Å². The molecule has 1 amide bonds. The maximum absolute atomic E-state index is 12.8. The van der Waals surface area contributed by atoms with Crippen LogP contribution in [0.15, 0.2) is 18.5 Å². The maximum Gasteiger partial charge on any atom is 0.255 e. The Morgan fingerprint density at radius 1 is 1.32 bits per heavy atom. The number of nitrogens with zero attached hydrogens (tertiary/aromatic N) is 3. The quantitative estimate of drug-likeness (QED) is 0.819. The lowest BCUT2D eigenvalue weighted by atomic mass is 9.73. The highest BCUT2D eigenvalue weighted by Gasteiger charge is 2.47. The smallest absolute Gasteiger partial charge is 0.255 e. The highest BCUT2D eigenvalue weighted by molar-refractivity contribution is 5.93. The summed E-state index contributed by atoms with van der Waals surface area (Å²) in [5.41, 5.74) is 0.548. The van der Waals surface area contributed by atoms with Gasteiger partial charge in [0.2, 0.25) is 0 Å². The number of carbonyl (C=O) groups excluding carboxylic acids is 1. The van der Waals surface area contributed by atoms with Crippen molar-refractivity contribution in [3.8, 4) is 0 Å². The molecule has 0 aromatic carbocycles.